The summed E-state index contributed by atoms with van der Waals surface area (Å²) in [4.78, 5) is 10.2. The maximum Gasteiger partial charge on any atom is 0.207 e. The molecule has 0 radical (unpaired) electrons. The first-order valence-electron chi connectivity index (χ1n) is 9.05. The average Bonchev–Trinajstić information content (AvgIpc) is 2.43. The van der Waals surface area contributed by atoms with E-state index >= 15 is 0 Å². The van der Waals surface area contributed by atoms with E-state index in [1.807, 2.05) is 0 Å². The Bertz CT molecular complexity index is 273. The second-order valence-corrected chi connectivity index (χ2v) is 8.09. The summed E-state index contributed by atoms with van der Waals surface area (Å²) in [5.41, 5.74) is 0.424. The molecule has 3 heteroatoms. The maximum atomic E-state index is 10.2. The first-order chi connectivity index (χ1) is 10.3. The summed E-state index contributed by atoms with van der Waals surface area (Å²) in [6, 6.07) is 0. The third-order valence-corrected chi connectivity index (χ3v) is 4.46. The molecule has 1 amide bonds. The third-order valence-electron chi connectivity index (χ3n) is 4.46. The molecule has 0 aliphatic carbocycles. The van der Waals surface area contributed by atoms with Crippen LogP contribution in [-0.2, 0) is 9.53 Å². The maximum absolute atomic E-state index is 10.2. The van der Waals surface area contributed by atoms with E-state index in [4.69, 9.17) is 4.74 Å². The lowest BCUT2D eigenvalue weighted by molar-refractivity contribution is -0.109. The van der Waals surface area contributed by atoms with Gasteiger partial charge in [0, 0.05) is 19.8 Å². The molecule has 3 unspecified atom stereocenters. The van der Waals surface area contributed by atoms with E-state index in [0.717, 1.165) is 37.9 Å². The van der Waals surface area contributed by atoms with Crippen LogP contribution in [0.1, 0.15) is 73.6 Å². The molecule has 22 heavy (non-hydrogen) atoms. The van der Waals surface area contributed by atoms with Crippen LogP contribution in [0.2, 0.25) is 0 Å². The van der Waals surface area contributed by atoms with Crippen molar-refractivity contribution in [1.29, 1.82) is 0 Å². The summed E-state index contributed by atoms with van der Waals surface area (Å²) in [5, 5.41) is 2.67. The van der Waals surface area contributed by atoms with Gasteiger partial charge in [-0.2, -0.15) is 0 Å². The largest absolute Gasteiger partial charge is 0.381 e. The molecule has 0 heterocycles. The van der Waals surface area contributed by atoms with Crippen molar-refractivity contribution in [2.75, 3.05) is 19.8 Å². The van der Waals surface area contributed by atoms with Crippen LogP contribution in [0, 0.1) is 23.2 Å². The fourth-order valence-corrected chi connectivity index (χ4v) is 3.08. The van der Waals surface area contributed by atoms with Crippen molar-refractivity contribution in [2.45, 2.75) is 73.6 Å². The van der Waals surface area contributed by atoms with Gasteiger partial charge in [0.05, 0.1) is 0 Å². The summed E-state index contributed by atoms with van der Waals surface area (Å²) in [7, 11) is 0. The molecule has 3 nitrogen and oxygen atoms in total. The Morgan fingerprint density at radius 3 is 2.41 bits per heavy atom. The zero-order valence-corrected chi connectivity index (χ0v) is 15.8. The van der Waals surface area contributed by atoms with Crippen molar-refractivity contribution >= 4 is 6.41 Å². The normalized spacial score (nSPS) is 16.1. The van der Waals surface area contributed by atoms with Gasteiger partial charge in [-0.15, -0.1) is 0 Å². The molecular weight excluding hydrogens is 274 g/mol. The van der Waals surface area contributed by atoms with Crippen molar-refractivity contribution in [2.24, 2.45) is 23.2 Å². The Labute approximate surface area is 138 Å². The molecule has 0 aromatic carbocycles. The number of ether oxygens (including phenoxy) is 1. The number of nitrogens with one attached hydrogen (secondary N) is 1. The van der Waals surface area contributed by atoms with E-state index in [1.165, 1.54) is 25.7 Å². The Kier molecular flexibility index (Phi) is 11.6. The number of rotatable bonds is 13. The predicted molar refractivity (Wildman–Crippen MR) is 94.9 cm³/mol. The van der Waals surface area contributed by atoms with Crippen molar-refractivity contribution in [3.8, 4) is 0 Å². The van der Waals surface area contributed by atoms with E-state index in [-0.39, 0.29) is 0 Å². The molecule has 0 spiro atoms. The van der Waals surface area contributed by atoms with Crippen LogP contribution in [0.25, 0.3) is 0 Å². The second kappa shape index (κ2) is 11.9. The molecule has 0 aliphatic rings. The van der Waals surface area contributed by atoms with Crippen LogP contribution in [0.5, 0.6) is 0 Å². The molecule has 0 saturated heterocycles. The van der Waals surface area contributed by atoms with E-state index < -0.39 is 0 Å². The SMILES string of the molecule is CCC(C)C(CCC(C)CC(C)(C)C)COCCCNC=O. The molecule has 0 bridgehead atoms. The average molecular weight is 314 g/mol. The Hall–Kier alpha value is -0.570. The second-order valence-electron chi connectivity index (χ2n) is 8.09. The minimum absolute atomic E-state index is 0.424. The van der Waals surface area contributed by atoms with Gasteiger partial charge in [0.1, 0.15) is 0 Å². The third kappa shape index (κ3) is 12.0. The van der Waals surface area contributed by atoms with Gasteiger partial charge in [-0.1, -0.05) is 54.4 Å². The van der Waals surface area contributed by atoms with Crippen molar-refractivity contribution in [3.63, 3.8) is 0 Å². The quantitative estimate of drug-likeness (QED) is 0.397. The van der Waals surface area contributed by atoms with Crippen LogP contribution in [0.15, 0.2) is 0 Å². The molecule has 1 N–H and O–H groups in total. The number of amides is 1. The van der Waals surface area contributed by atoms with Crippen LogP contribution in [-0.4, -0.2) is 26.2 Å². The Morgan fingerprint density at radius 2 is 1.86 bits per heavy atom. The zero-order valence-electron chi connectivity index (χ0n) is 15.8. The van der Waals surface area contributed by atoms with Crippen LogP contribution in [0.3, 0.4) is 0 Å². The van der Waals surface area contributed by atoms with Gasteiger partial charge in [-0.3, -0.25) is 4.79 Å². The van der Waals surface area contributed by atoms with Gasteiger partial charge >= 0.3 is 0 Å². The Morgan fingerprint density at radius 1 is 1.18 bits per heavy atom. The van der Waals surface area contributed by atoms with E-state index in [1.54, 1.807) is 0 Å². The molecule has 0 saturated carbocycles. The number of hydrogen-bond donors (Lipinski definition) is 1. The van der Waals surface area contributed by atoms with Gasteiger partial charge in [-0.05, 0) is 42.4 Å². The zero-order chi connectivity index (χ0) is 17.0. The van der Waals surface area contributed by atoms with Gasteiger partial charge in [0.15, 0.2) is 0 Å². The summed E-state index contributed by atoms with van der Waals surface area (Å²) in [6.45, 7) is 16.3. The smallest absolute Gasteiger partial charge is 0.207 e. The van der Waals surface area contributed by atoms with Crippen LogP contribution >= 0.6 is 0 Å². The van der Waals surface area contributed by atoms with Crippen molar-refractivity contribution in [3.05, 3.63) is 0 Å². The van der Waals surface area contributed by atoms with E-state index in [2.05, 4.69) is 46.9 Å². The van der Waals surface area contributed by atoms with Crippen molar-refractivity contribution in [1.82, 2.24) is 5.32 Å². The molecule has 0 aliphatic heterocycles. The fraction of sp³-hybridized carbons (Fsp3) is 0.947. The molecule has 3 atom stereocenters. The lowest BCUT2D eigenvalue weighted by Crippen LogP contribution is -2.21. The minimum Gasteiger partial charge on any atom is -0.381 e. The molecule has 0 rings (SSSR count). The van der Waals surface area contributed by atoms with Crippen molar-refractivity contribution < 1.29 is 9.53 Å². The monoisotopic (exact) mass is 313 g/mol. The number of carbonyl (C=O) groups excluding carboxylic acids is 1. The standard InChI is InChI=1S/C19H39NO2/c1-7-17(3)18(14-22-12-8-11-20-15-21)10-9-16(2)13-19(4,5)6/h15-18H,7-14H2,1-6H3,(H,20,21). The molecule has 0 aromatic heterocycles. The summed E-state index contributed by atoms with van der Waals surface area (Å²) in [6.07, 6.45) is 6.71. The predicted octanol–water partition coefficient (Wildman–Crippen LogP) is 4.65. The van der Waals surface area contributed by atoms with E-state index in [0.29, 0.717) is 17.9 Å². The van der Waals surface area contributed by atoms with Crippen LogP contribution in [0.4, 0.5) is 0 Å². The molecule has 0 fully saturated rings. The van der Waals surface area contributed by atoms with E-state index in [9.17, 15) is 4.79 Å². The number of hydrogen-bond acceptors (Lipinski definition) is 2. The van der Waals surface area contributed by atoms with Gasteiger partial charge in [0.2, 0.25) is 6.41 Å². The first-order valence-corrected chi connectivity index (χ1v) is 9.05. The Balaban J connectivity index is 4.05. The first kappa shape index (κ1) is 21.4. The van der Waals surface area contributed by atoms with Gasteiger partial charge < -0.3 is 10.1 Å². The number of carbonyl (C=O) groups is 1. The summed E-state index contributed by atoms with van der Waals surface area (Å²) < 4.78 is 5.84. The highest BCUT2D eigenvalue weighted by atomic mass is 16.5. The summed E-state index contributed by atoms with van der Waals surface area (Å²) in [5.74, 6) is 2.16. The lowest BCUT2D eigenvalue weighted by Gasteiger charge is -2.27. The summed E-state index contributed by atoms with van der Waals surface area (Å²) >= 11 is 0. The van der Waals surface area contributed by atoms with Crippen LogP contribution < -0.4 is 5.32 Å². The lowest BCUT2D eigenvalue weighted by atomic mass is 9.80. The fourth-order valence-electron chi connectivity index (χ4n) is 3.08. The highest BCUT2D eigenvalue weighted by molar-refractivity contribution is 5.45. The van der Waals surface area contributed by atoms with Gasteiger partial charge in [0.25, 0.3) is 0 Å². The molecule has 132 valence electrons. The highest BCUT2D eigenvalue weighted by Gasteiger charge is 2.20. The highest BCUT2D eigenvalue weighted by Crippen LogP contribution is 2.29. The minimum atomic E-state index is 0.424. The molecular formula is C19H39NO2. The van der Waals surface area contributed by atoms with Gasteiger partial charge in [-0.25, -0.2) is 0 Å². The molecule has 0 aromatic rings. The topological polar surface area (TPSA) is 38.3 Å².